The molecule has 1 N–H and O–H groups in total. The highest BCUT2D eigenvalue weighted by atomic mass is 16.4. The minimum atomic E-state index is -0.863. The van der Waals surface area contributed by atoms with Crippen molar-refractivity contribution in [1.29, 1.82) is 0 Å². The molecule has 2 unspecified atom stereocenters. The molecule has 1 saturated carbocycles. The molecule has 5 nitrogen and oxygen atoms in total. The fourth-order valence-electron chi connectivity index (χ4n) is 4.52. The number of likely N-dealkylation sites (tertiary alicyclic amines) is 2. The van der Waals surface area contributed by atoms with Crippen molar-refractivity contribution in [2.24, 2.45) is 11.3 Å². The Kier molecular flexibility index (Phi) is 3.84. The third-order valence-electron chi connectivity index (χ3n) is 5.96. The maximum absolute atomic E-state index is 12.7. The lowest BCUT2D eigenvalue weighted by molar-refractivity contribution is -0.142. The quantitative estimate of drug-likeness (QED) is 0.808. The summed E-state index contributed by atoms with van der Waals surface area (Å²) in [4.78, 5) is 27.5. The first-order valence-corrected chi connectivity index (χ1v) is 8.31. The van der Waals surface area contributed by atoms with E-state index >= 15 is 0 Å². The molecule has 0 radical (unpaired) electrons. The van der Waals surface area contributed by atoms with Gasteiger partial charge in [0.2, 0.25) is 0 Å². The van der Waals surface area contributed by atoms with Crippen LogP contribution in [0.15, 0.2) is 0 Å². The number of urea groups is 1. The second-order valence-corrected chi connectivity index (χ2v) is 7.22. The van der Waals surface area contributed by atoms with Crippen LogP contribution in [0.4, 0.5) is 4.79 Å². The van der Waals surface area contributed by atoms with Gasteiger partial charge in [-0.3, -0.25) is 0 Å². The summed E-state index contributed by atoms with van der Waals surface area (Å²) in [5.41, 5.74) is 0.487. The average Bonchev–Trinajstić information content (AvgIpc) is 3.06. The van der Waals surface area contributed by atoms with Crippen LogP contribution in [0.25, 0.3) is 0 Å². The zero-order valence-corrected chi connectivity index (χ0v) is 12.9. The number of amides is 2. The summed E-state index contributed by atoms with van der Waals surface area (Å²) in [6.45, 7) is 4.11. The van der Waals surface area contributed by atoms with E-state index in [1.54, 1.807) is 4.90 Å². The third kappa shape index (κ3) is 2.62. The molecule has 3 aliphatic rings. The van der Waals surface area contributed by atoms with Gasteiger partial charge < -0.3 is 14.9 Å². The Bertz CT molecular complexity index is 421. The number of rotatable bonds is 1. The molecule has 2 heterocycles. The van der Waals surface area contributed by atoms with Gasteiger partial charge in [0.05, 0.1) is 0 Å². The lowest BCUT2D eigenvalue weighted by Crippen LogP contribution is -2.52. The van der Waals surface area contributed by atoms with E-state index in [4.69, 9.17) is 0 Å². The molecule has 0 aromatic heterocycles. The Hall–Kier alpha value is -1.26. The number of carboxylic acid groups (broad SMARTS) is 1. The molecule has 1 spiro atoms. The van der Waals surface area contributed by atoms with Crippen molar-refractivity contribution in [2.45, 2.75) is 57.9 Å². The third-order valence-corrected chi connectivity index (χ3v) is 5.96. The molecule has 2 aliphatic heterocycles. The molecule has 3 fully saturated rings. The van der Waals surface area contributed by atoms with Gasteiger partial charge in [-0.05, 0) is 43.4 Å². The number of aliphatic carboxylic acids is 1. The Morgan fingerprint density at radius 3 is 2.24 bits per heavy atom. The molecule has 2 saturated heterocycles. The SMILES string of the molecule is CC1CCN(C(=O)N2CCC3(CCCC3)CC2)C1C(=O)O. The number of carboxylic acids is 1. The summed E-state index contributed by atoms with van der Waals surface area (Å²) >= 11 is 0. The minimum Gasteiger partial charge on any atom is -0.480 e. The second-order valence-electron chi connectivity index (χ2n) is 7.22. The van der Waals surface area contributed by atoms with Gasteiger partial charge in [0.25, 0.3) is 0 Å². The van der Waals surface area contributed by atoms with Gasteiger partial charge in [0.15, 0.2) is 0 Å². The highest BCUT2D eigenvalue weighted by molar-refractivity contribution is 5.83. The van der Waals surface area contributed by atoms with Crippen LogP contribution in [0.5, 0.6) is 0 Å². The standard InChI is InChI=1S/C16H26N2O3/c1-12-4-9-18(13(12)14(19)20)15(21)17-10-7-16(8-11-17)5-2-3-6-16/h12-13H,2-11H2,1H3,(H,19,20). The van der Waals surface area contributed by atoms with E-state index in [-0.39, 0.29) is 11.9 Å². The summed E-state index contributed by atoms with van der Waals surface area (Å²) in [7, 11) is 0. The van der Waals surface area contributed by atoms with Gasteiger partial charge in [0.1, 0.15) is 6.04 Å². The Labute approximate surface area is 126 Å². The fourth-order valence-corrected chi connectivity index (χ4v) is 4.52. The van der Waals surface area contributed by atoms with Crippen LogP contribution in [0.3, 0.4) is 0 Å². The van der Waals surface area contributed by atoms with E-state index in [2.05, 4.69) is 0 Å². The number of hydrogen-bond donors (Lipinski definition) is 1. The van der Waals surface area contributed by atoms with Crippen LogP contribution in [0.1, 0.15) is 51.9 Å². The Morgan fingerprint density at radius 2 is 1.67 bits per heavy atom. The van der Waals surface area contributed by atoms with Gasteiger partial charge >= 0.3 is 12.0 Å². The maximum atomic E-state index is 12.7. The van der Waals surface area contributed by atoms with Crippen LogP contribution in [-0.4, -0.2) is 52.6 Å². The van der Waals surface area contributed by atoms with Crippen LogP contribution < -0.4 is 0 Å². The van der Waals surface area contributed by atoms with E-state index in [0.717, 1.165) is 32.4 Å². The van der Waals surface area contributed by atoms with E-state index < -0.39 is 12.0 Å². The summed E-state index contributed by atoms with van der Waals surface area (Å²) in [5.74, 6) is -0.810. The molecular weight excluding hydrogens is 268 g/mol. The minimum absolute atomic E-state index is 0.0532. The van der Waals surface area contributed by atoms with Crippen LogP contribution in [0, 0.1) is 11.3 Å². The zero-order valence-electron chi connectivity index (χ0n) is 12.9. The van der Waals surface area contributed by atoms with Crippen LogP contribution >= 0.6 is 0 Å². The monoisotopic (exact) mass is 294 g/mol. The van der Waals surface area contributed by atoms with E-state index in [0.29, 0.717) is 12.0 Å². The van der Waals surface area contributed by atoms with Crippen molar-refractivity contribution in [3.05, 3.63) is 0 Å². The van der Waals surface area contributed by atoms with Gasteiger partial charge in [-0.15, -0.1) is 0 Å². The fraction of sp³-hybridized carbons (Fsp3) is 0.875. The molecule has 0 aromatic carbocycles. The highest BCUT2D eigenvalue weighted by Crippen LogP contribution is 2.46. The summed E-state index contributed by atoms with van der Waals surface area (Å²) in [6.07, 6.45) is 8.28. The number of hydrogen-bond acceptors (Lipinski definition) is 2. The lowest BCUT2D eigenvalue weighted by atomic mass is 9.77. The molecule has 3 rings (SSSR count). The van der Waals surface area contributed by atoms with Crippen molar-refractivity contribution < 1.29 is 14.7 Å². The normalized spacial score (nSPS) is 31.9. The molecule has 2 atom stereocenters. The average molecular weight is 294 g/mol. The lowest BCUT2D eigenvalue weighted by Gasteiger charge is -2.41. The zero-order chi connectivity index (χ0) is 15.0. The summed E-state index contributed by atoms with van der Waals surface area (Å²) in [6, 6.07) is -0.695. The predicted molar refractivity (Wildman–Crippen MR) is 79.0 cm³/mol. The first-order valence-electron chi connectivity index (χ1n) is 8.31. The molecule has 118 valence electrons. The largest absolute Gasteiger partial charge is 0.480 e. The molecule has 21 heavy (non-hydrogen) atoms. The van der Waals surface area contributed by atoms with Crippen molar-refractivity contribution in [3.8, 4) is 0 Å². The molecule has 5 heteroatoms. The van der Waals surface area contributed by atoms with Gasteiger partial charge in [-0.1, -0.05) is 19.8 Å². The molecule has 1 aliphatic carbocycles. The maximum Gasteiger partial charge on any atom is 0.326 e. The molecular formula is C16H26N2O3. The van der Waals surface area contributed by atoms with Crippen molar-refractivity contribution >= 4 is 12.0 Å². The van der Waals surface area contributed by atoms with Crippen molar-refractivity contribution in [1.82, 2.24) is 9.80 Å². The summed E-state index contributed by atoms with van der Waals surface area (Å²) in [5, 5.41) is 9.36. The van der Waals surface area contributed by atoms with E-state index in [1.807, 2.05) is 11.8 Å². The predicted octanol–water partition coefficient (Wildman–Crippen LogP) is 2.56. The first kappa shape index (κ1) is 14.7. The molecule has 0 bridgehead atoms. The highest BCUT2D eigenvalue weighted by Gasteiger charge is 2.43. The molecule has 0 aromatic rings. The van der Waals surface area contributed by atoms with Crippen LogP contribution in [0.2, 0.25) is 0 Å². The van der Waals surface area contributed by atoms with Crippen molar-refractivity contribution in [2.75, 3.05) is 19.6 Å². The first-order chi connectivity index (χ1) is 10.0. The number of piperidine rings is 1. The number of carbonyl (C=O) groups excluding carboxylic acids is 1. The van der Waals surface area contributed by atoms with Gasteiger partial charge in [-0.2, -0.15) is 0 Å². The number of nitrogens with zero attached hydrogens (tertiary/aromatic N) is 2. The number of carbonyl (C=O) groups is 2. The smallest absolute Gasteiger partial charge is 0.326 e. The van der Waals surface area contributed by atoms with Crippen molar-refractivity contribution in [3.63, 3.8) is 0 Å². The van der Waals surface area contributed by atoms with E-state index in [1.165, 1.54) is 25.7 Å². The van der Waals surface area contributed by atoms with Crippen LogP contribution in [-0.2, 0) is 4.79 Å². The Balaban J connectivity index is 1.62. The second kappa shape index (κ2) is 5.50. The van der Waals surface area contributed by atoms with Gasteiger partial charge in [0, 0.05) is 19.6 Å². The Morgan fingerprint density at radius 1 is 1.05 bits per heavy atom. The summed E-state index contributed by atoms with van der Waals surface area (Å²) < 4.78 is 0. The molecule has 2 amide bonds. The van der Waals surface area contributed by atoms with E-state index in [9.17, 15) is 14.7 Å². The topological polar surface area (TPSA) is 60.9 Å². The van der Waals surface area contributed by atoms with Gasteiger partial charge in [-0.25, -0.2) is 9.59 Å².